The molecule has 4 rings (SSSR count). The van der Waals surface area contributed by atoms with Gasteiger partial charge in [0.25, 0.3) is 5.91 Å². The van der Waals surface area contributed by atoms with Gasteiger partial charge in [0.05, 0.1) is 18.8 Å². The molecule has 2 aromatic rings. The summed E-state index contributed by atoms with van der Waals surface area (Å²) in [6.07, 6.45) is 0.343. The Labute approximate surface area is 129 Å². The largest absolute Gasteiger partial charge is 0.490 e. The highest BCUT2D eigenvalue weighted by Crippen LogP contribution is 2.35. The maximum absolute atomic E-state index is 13.0. The predicted molar refractivity (Wildman–Crippen MR) is 83.1 cm³/mol. The van der Waals surface area contributed by atoms with Gasteiger partial charge in [-0.3, -0.25) is 4.79 Å². The van der Waals surface area contributed by atoms with Gasteiger partial charge < -0.3 is 14.4 Å². The summed E-state index contributed by atoms with van der Waals surface area (Å²) < 4.78 is 11.4. The number of fused-ring (bicyclic) bond motifs is 2. The second kappa shape index (κ2) is 5.46. The molecule has 2 aliphatic heterocycles. The van der Waals surface area contributed by atoms with Crippen LogP contribution in [0.5, 0.6) is 5.75 Å². The van der Waals surface area contributed by atoms with Crippen molar-refractivity contribution >= 4 is 11.6 Å². The summed E-state index contributed by atoms with van der Waals surface area (Å²) in [5.74, 6) is 0.745. The van der Waals surface area contributed by atoms with Gasteiger partial charge in [0.1, 0.15) is 12.4 Å². The lowest BCUT2D eigenvalue weighted by Crippen LogP contribution is -2.42. The first kappa shape index (κ1) is 13.3. The Balaban J connectivity index is 1.69. The molecule has 0 spiro atoms. The van der Waals surface area contributed by atoms with Crippen LogP contribution in [-0.2, 0) is 16.0 Å². The number of amides is 1. The van der Waals surface area contributed by atoms with Crippen LogP contribution in [0.1, 0.15) is 17.2 Å². The molecule has 0 bridgehead atoms. The molecule has 2 aromatic carbocycles. The summed E-state index contributed by atoms with van der Waals surface area (Å²) in [6.45, 7) is 1.65. The summed E-state index contributed by atoms with van der Waals surface area (Å²) in [5.41, 5.74) is 3.02. The number of hydrogen-bond acceptors (Lipinski definition) is 3. The summed E-state index contributed by atoms with van der Waals surface area (Å²) in [7, 11) is 0. The molecule has 2 aliphatic rings. The van der Waals surface area contributed by atoms with Crippen LogP contribution in [0.15, 0.2) is 48.5 Å². The van der Waals surface area contributed by atoms with Crippen molar-refractivity contribution in [3.8, 4) is 5.75 Å². The van der Waals surface area contributed by atoms with Gasteiger partial charge in [-0.25, -0.2) is 0 Å². The molecule has 112 valence electrons. The van der Waals surface area contributed by atoms with E-state index in [0.29, 0.717) is 19.8 Å². The van der Waals surface area contributed by atoms with Crippen LogP contribution in [0.2, 0.25) is 0 Å². The molecule has 0 radical (unpaired) electrons. The molecular formula is C18H17NO3. The van der Waals surface area contributed by atoms with Crippen LogP contribution < -0.4 is 9.64 Å². The number of hydrogen-bond donors (Lipinski definition) is 0. The minimum absolute atomic E-state index is 0.0112. The number of benzene rings is 2. The summed E-state index contributed by atoms with van der Waals surface area (Å²) in [5, 5.41) is 0. The molecule has 0 N–H and O–H groups in total. The number of rotatable bonds is 1. The number of carbonyl (C=O) groups excluding carboxylic acids is 1. The van der Waals surface area contributed by atoms with Crippen molar-refractivity contribution in [2.45, 2.75) is 12.5 Å². The first-order valence-electron chi connectivity index (χ1n) is 7.57. The fourth-order valence-corrected chi connectivity index (χ4v) is 3.14. The van der Waals surface area contributed by atoms with Gasteiger partial charge in [-0.1, -0.05) is 36.4 Å². The van der Waals surface area contributed by atoms with Crippen molar-refractivity contribution in [2.75, 3.05) is 24.7 Å². The summed E-state index contributed by atoms with van der Waals surface area (Å²) >= 11 is 0. The average molecular weight is 295 g/mol. The SMILES string of the molecule is O=C(C1OCCc2ccccc21)N1CCOc2ccccc21. The molecule has 2 heterocycles. The Bertz CT molecular complexity index is 653. The Kier molecular flexibility index (Phi) is 3.31. The second-order valence-corrected chi connectivity index (χ2v) is 5.51. The zero-order valence-electron chi connectivity index (χ0n) is 12.2. The van der Waals surface area contributed by atoms with Crippen molar-refractivity contribution in [2.24, 2.45) is 0 Å². The summed E-state index contributed by atoms with van der Waals surface area (Å²) in [4.78, 5) is 14.8. The molecule has 0 aromatic heterocycles. The standard InChI is InChI=1S/C18H17NO3/c20-18(17-14-6-2-1-5-13(14)9-11-22-17)19-10-12-21-16-8-4-3-7-15(16)19/h1-8,17H,9-12H2. The van der Waals surface area contributed by atoms with Crippen molar-refractivity contribution in [1.82, 2.24) is 0 Å². The minimum Gasteiger partial charge on any atom is -0.490 e. The van der Waals surface area contributed by atoms with Crippen LogP contribution in [0.4, 0.5) is 5.69 Å². The van der Waals surface area contributed by atoms with Gasteiger partial charge in [0.2, 0.25) is 0 Å². The fraction of sp³-hybridized carbons (Fsp3) is 0.278. The smallest absolute Gasteiger partial charge is 0.260 e. The first-order chi connectivity index (χ1) is 10.8. The summed E-state index contributed by atoms with van der Waals surface area (Å²) in [6, 6.07) is 15.7. The van der Waals surface area contributed by atoms with E-state index in [1.807, 2.05) is 42.5 Å². The highest BCUT2D eigenvalue weighted by Gasteiger charge is 2.33. The lowest BCUT2D eigenvalue weighted by atomic mass is 9.96. The van der Waals surface area contributed by atoms with E-state index in [0.717, 1.165) is 23.4 Å². The maximum atomic E-state index is 13.0. The van der Waals surface area contributed by atoms with Crippen molar-refractivity contribution in [3.63, 3.8) is 0 Å². The van der Waals surface area contributed by atoms with E-state index in [1.165, 1.54) is 5.56 Å². The molecule has 1 unspecified atom stereocenters. The number of anilines is 1. The predicted octanol–water partition coefficient (Wildman–Crippen LogP) is 2.73. The molecule has 0 aliphatic carbocycles. The van der Waals surface area contributed by atoms with Crippen LogP contribution in [-0.4, -0.2) is 25.7 Å². The topological polar surface area (TPSA) is 38.8 Å². The zero-order chi connectivity index (χ0) is 14.9. The number of ether oxygens (including phenoxy) is 2. The number of nitrogens with zero attached hydrogens (tertiary/aromatic N) is 1. The van der Waals surface area contributed by atoms with Gasteiger partial charge in [-0.2, -0.15) is 0 Å². The van der Waals surface area contributed by atoms with Crippen LogP contribution in [0.3, 0.4) is 0 Å². The third kappa shape index (κ3) is 2.16. The minimum atomic E-state index is -0.517. The molecular weight excluding hydrogens is 278 g/mol. The lowest BCUT2D eigenvalue weighted by molar-refractivity contribution is -0.131. The Hall–Kier alpha value is -2.33. The van der Waals surface area contributed by atoms with Gasteiger partial charge in [-0.15, -0.1) is 0 Å². The molecule has 0 saturated heterocycles. The van der Waals surface area contributed by atoms with E-state index in [2.05, 4.69) is 6.07 Å². The van der Waals surface area contributed by atoms with Crippen LogP contribution in [0.25, 0.3) is 0 Å². The normalized spacial score (nSPS) is 19.8. The van der Waals surface area contributed by atoms with Crippen molar-refractivity contribution < 1.29 is 14.3 Å². The van der Waals surface area contributed by atoms with E-state index in [9.17, 15) is 4.79 Å². The Morgan fingerprint density at radius 2 is 1.86 bits per heavy atom. The average Bonchev–Trinajstić information content (AvgIpc) is 2.60. The van der Waals surface area contributed by atoms with Gasteiger partial charge in [-0.05, 0) is 29.7 Å². The highest BCUT2D eigenvalue weighted by molar-refractivity contribution is 5.99. The molecule has 0 fully saturated rings. The van der Waals surface area contributed by atoms with Gasteiger partial charge >= 0.3 is 0 Å². The maximum Gasteiger partial charge on any atom is 0.260 e. The van der Waals surface area contributed by atoms with Crippen LogP contribution in [0, 0.1) is 0 Å². The third-order valence-corrected chi connectivity index (χ3v) is 4.21. The third-order valence-electron chi connectivity index (χ3n) is 4.21. The molecule has 4 heteroatoms. The highest BCUT2D eigenvalue weighted by atomic mass is 16.5. The second-order valence-electron chi connectivity index (χ2n) is 5.51. The molecule has 1 atom stereocenters. The monoisotopic (exact) mass is 295 g/mol. The van der Waals surface area contributed by atoms with Crippen LogP contribution >= 0.6 is 0 Å². The lowest BCUT2D eigenvalue weighted by Gasteiger charge is -2.34. The van der Waals surface area contributed by atoms with E-state index in [1.54, 1.807) is 4.90 Å². The quantitative estimate of drug-likeness (QED) is 0.812. The Morgan fingerprint density at radius 1 is 1.05 bits per heavy atom. The molecule has 0 saturated carbocycles. The number of para-hydroxylation sites is 2. The first-order valence-corrected chi connectivity index (χ1v) is 7.57. The van der Waals surface area contributed by atoms with Gasteiger partial charge in [0, 0.05) is 0 Å². The van der Waals surface area contributed by atoms with Gasteiger partial charge in [0.15, 0.2) is 6.10 Å². The molecule has 22 heavy (non-hydrogen) atoms. The fourth-order valence-electron chi connectivity index (χ4n) is 3.14. The van der Waals surface area contributed by atoms with E-state index in [4.69, 9.17) is 9.47 Å². The van der Waals surface area contributed by atoms with E-state index < -0.39 is 6.10 Å². The Morgan fingerprint density at radius 3 is 2.82 bits per heavy atom. The number of carbonyl (C=O) groups is 1. The van der Waals surface area contributed by atoms with Crippen molar-refractivity contribution in [3.05, 3.63) is 59.7 Å². The van der Waals surface area contributed by atoms with Crippen molar-refractivity contribution in [1.29, 1.82) is 0 Å². The molecule has 1 amide bonds. The molecule has 4 nitrogen and oxygen atoms in total. The zero-order valence-corrected chi connectivity index (χ0v) is 12.2. The van der Waals surface area contributed by atoms with E-state index >= 15 is 0 Å². The van der Waals surface area contributed by atoms with E-state index in [-0.39, 0.29) is 5.91 Å².